The molecule has 1 N–H and O–H groups in total. The molecule has 0 aromatic heterocycles. The van der Waals surface area contributed by atoms with E-state index in [4.69, 9.17) is 0 Å². The van der Waals surface area contributed by atoms with Gasteiger partial charge in [0, 0.05) is 0 Å². The Morgan fingerprint density at radius 2 is 1.60 bits per heavy atom. The molecule has 0 heterocycles. The van der Waals surface area contributed by atoms with Crippen LogP contribution < -0.4 is 51.4 Å². The van der Waals surface area contributed by atoms with Crippen LogP contribution in [0.25, 0.3) is 0 Å². The van der Waals surface area contributed by atoms with E-state index in [1.54, 1.807) is 0 Å². The molecular weight excluding hydrogens is 151 g/mol. The summed E-state index contributed by atoms with van der Waals surface area (Å²) in [5, 5.41) is 9.45. The fourth-order valence-electron chi connectivity index (χ4n) is 1.66. The summed E-state index contributed by atoms with van der Waals surface area (Å²) in [5.74, 6) is 1.07. The number of hydrogen-bond donors (Lipinski definition) is 1. The van der Waals surface area contributed by atoms with Crippen LogP contribution in [0.1, 0.15) is 34.5 Å². The second-order valence-electron chi connectivity index (χ2n) is 3.38. The van der Waals surface area contributed by atoms with Crippen LogP contribution in [0, 0.1) is 11.8 Å². The van der Waals surface area contributed by atoms with Gasteiger partial charge in [-0.25, -0.2) is 0 Å². The van der Waals surface area contributed by atoms with Gasteiger partial charge >= 0.3 is 51.4 Å². The Balaban J connectivity index is 0. The first kappa shape index (κ1) is 11.6. The number of rotatable bonds is 0. The molecule has 0 amide bonds. The quantitative estimate of drug-likeness (QED) is 0.456. The van der Waals surface area contributed by atoms with Crippen molar-refractivity contribution in [3.8, 4) is 0 Å². The molecule has 0 aromatic rings. The predicted molar refractivity (Wildman–Crippen MR) is 39.3 cm³/mol. The summed E-state index contributed by atoms with van der Waals surface area (Å²) in [6, 6.07) is 0. The Labute approximate surface area is 107 Å². The van der Waals surface area contributed by atoms with E-state index in [1.807, 2.05) is 0 Å². The summed E-state index contributed by atoms with van der Waals surface area (Å²) >= 11 is 0. The van der Waals surface area contributed by atoms with Gasteiger partial charge in [-0.1, -0.05) is 20.3 Å². The van der Waals surface area contributed by atoms with Gasteiger partial charge in [-0.15, -0.1) is 0 Å². The molecule has 1 rings (SSSR count). The smallest absolute Gasteiger partial charge is 1.00 e. The van der Waals surface area contributed by atoms with Crippen LogP contribution in [0.4, 0.5) is 0 Å². The van der Waals surface area contributed by atoms with Crippen molar-refractivity contribution >= 4 is 0 Å². The monoisotopic (exact) mass is 168 g/mol. The second-order valence-corrected chi connectivity index (χ2v) is 3.38. The Morgan fingerprint density at radius 3 is 1.90 bits per heavy atom. The molecular formula is C8H17KO. The average Bonchev–Trinajstić information content (AvgIpc) is 1.83. The molecule has 2 unspecified atom stereocenters. The van der Waals surface area contributed by atoms with Gasteiger partial charge in [-0.2, -0.15) is 0 Å². The standard InChI is InChI=1S/C8H16O.K.H/c1-6-4-3-5-7(2)8(6)9;;/h6-9H,3-5H2,1-2H3;;/q;+1;-1. The third-order valence-corrected chi connectivity index (χ3v) is 2.48. The number of aliphatic hydroxyl groups is 1. The summed E-state index contributed by atoms with van der Waals surface area (Å²) in [7, 11) is 0. The maximum Gasteiger partial charge on any atom is 1.00 e. The van der Waals surface area contributed by atoms with E-state index in [1.165, 1.54) is 19.3 Å². The molecule has 0 aliphatic heterocycles. The van der Waals surface area contributed by atoms with Crippen LogP contribution in [0.2, 0.25) is 0 Å². The minimum absolute atomic E-state index is 0. The van der Waals surface area contributed by atoms with Crippen LogP contribution in [0.15, 0.2) is 0 Å². The van der Waals surface area contributed by atoms with Crippen LogP contribution in [0.3, 0.4) is 0 Å². The normalized spacial score (nSPS) is 40.5. The van der Waals surface area contributed by atoms with Crippen molar-refractivity contribution in [2.24, 2.45) is 11.8 Å². The van der Waals surface area contributed by atoms with E-state index in [0.717, 1.165) is 0 Å². The molecule has 56 valence electrons. The Bertz CT molecular complexity index is 90.1. The van der Waals surface area contributed by atoms with E-state index in [2.05, 4.69) is 13.8 Å². The molecule has 1 saturated carbocycles. The van der Waals surface area contributed by atoms with Gasteiger partial charge in [0.05, 0.1) is 6.10 Å². The molecule has 2 heteroatoms. The Hall–Kier alpha value is 1.60. The third kappa shape index (κ3) is 2.92. The summed E-state index contributed by atoms with van der Waals surface area (Å²) in [6.07, 6.45) is 3.70. The predicted octanol–water partition coefficient (Wildman–Crippen LogP) is -1.08. The summed E-state index contributed by atoms with van der Waals surface area (Å²) in [5.41, 5.74) is 0. The fraction of sp³-hybridized carbons (Fsp3) is 1.00. The molecule has 0 radical (unpaired) electrons. The third-order valence-electron chi connectivity index (χ3n) is 2.48. The summed E-state index contributed by atoms with van der Waals surface area (Å²) < 4.78 is 0. The number of hydrogen-bond acceptors (Lipinski definition) is 1. The maximum atomic E-state index is 9.45. The van der Waals surface area contributed by atoms with Crippen molar-refractivity contribution < 1.29 is 57.9 Å². The van der Waals surface area contributed by atoms with Gasteiger partial charge in [-0.05, 0) is 24.7 Å². The van der Waals surface area contributed by atoms with E-state index < -0.39 is 0 Å². The fourth-order valence-corrected chi connectivity index (χ4v) is 1.66. The molecule has 2 atom stereocenters. The molecule has 1 fully saturated rings. The van der Waals surface area contributed by atoms with Gasteiger partial charge in [0.25, 0.3) is 0 Å². The zero-order chi connectivity index (χ0) is 6.85. The van der Waals surface area contributed by atoms with Crippen molar-refractivity contribution in [1.82, 2.24) is 0 Å². The molecule has 0 aromatic carbocycles. The molecule has 10 heavy (non-hydrogen) atoms. The van der Waals surface area contributed by atoms with Crippen LogP contribution in [-0.2, 0) is 0 Å². The first-order valence-electron chi connectivity index (χ1n) is 3.90. The molecule has 1 aliphatic rings. The molecule has 0 spiro atoms. The van der Waals surface area contributed by atoms with Crippen LogP contribution in [0.5, 0.6) is 0 Å². The van der Waals surface area contributed by atoms with E-state index in [-0.39, 0.29) is 58.9 Å². The summed E-state index contributed by atoms with van der Waals surface area (Å²) in [6.45, 7) is 4.28. The first-order valence-corrected chi connectivity index (χ1v) is 3.90. The molecule has 1 nitrogen and oxygen atoms in total. The first-order chi connectivity index (χ1) is 4.22. The van der Waals surface area contributed by atoms with E-state index >= 15 is 0 Å². The van der Waals surface area contributed by atoms with Crippen LogP contribution in [-0.4, -0.2) is 11.2 Å². The Kier molecular flexibility index (Phi) is 6.12. The average molecular weight is 168 g/mol. The van der Waals surface area contributed by atoms with Crippen molar-refractivity contribution in [3.63, 3.8) is 0 Å². The Morgan fingerprint density at radius 1 is 1.20 bits per heavy atom. The van der Waals surface area contributed by atoms with Crippen molar-refractivity contribution in [2.45, 2.75) is 39.2 Å². The second kappa shape index (κ2) is 5.28. The molecule has 0 saturated heterocycles. The zero-order valence-corrected chi connectivity index (χ0v) is 10.4. The topological polar surface area (TPSA) is 20.2 Å². The van der Waals surface area contributed by atoms with Gasteiger partial charge in [-0.3, -0.25) is 0 Å². The van der Waals surface area contributed by atoms with Crippen LogP contribution >= 0.6 is 0 Å². The van der Waals surface area contributed by atoms with Crippen molar-refractivity contribution in [1.29, 1.82) is 0 Å². The minimum atomic E-state index is -0.0289. The van der Waals surface area contributed by atoms with E-state index in [9.17, 15) is 5.11 Å². The van der Waals surface area contributed by atoms with Gasteiger partial charge in [0.15, 0.2) is 0 Å². The molecule has 1 aliphatic carbocycles. The largest absolute Gasteiger partial charge is 1.00 e. The van der Waals surface area contributed by atoms with Crippen molar-refractivity contribution in [3.05, 3.63) is 0 Å². The summed E-state index contributed by atoms with van der Waals surface area (Å²) in [4.78, 5) is 0. The van der Waals surface area contributed by atoms with E-state index in [0.29, 0.717) is 11.8 Å². The van der Waals surface area contributed by atoms with Gasteiger partial charge in [0.1, 0.15) is 0 Å². The van der Waals surface area contributed by atoms with Crippen molar-refractivity contribution in [2.75, 3.05) is 0 Å². The molecule has 0 bridgehead atoms. The van der Waals surface area contributed by atoms with Gasteiger partial charge < -0.3 is 6.53 Å². The van der Waals surface area contributed by atoms with Gasteiger partial charge in [0.2, 0.25) is 0 Å². The maximum absolute atomic E-state index is 9.45. The number of aliphatic hydroxyl groups excluding tert-OH is 1. The zero-order valence-electron chi connectivity index (χ0n) is 8.30. The SMILES string of the molecule is CC1CCCC(C)C1O.[H-].[K+]. The minimum Gasteiger partial charge on any atom is -1.00 e.